The molecule has 338 valence electrons. The van der Waals surface area contributed by atoms with Crippen LogP contribution in [-0.2, 0) is 23.7 Å². The summed E-state index contributed by atoms with van der Waals surface area (Å²) < 4.78 is 22.6. The van der Waals surface area contributed by atoms with Gasteiger partial charge in [-0.25, -0.2) is 0 Å². The van der Waals surface area contributed by atoms with Crippen molar-refractivity contribution in [3.8, 4) is 0 Å². The van der Waals surface area contributed by atoms with Crippen molar-refractivity contribution in [2.75, 3.05) is 19.8 Å². The van der Waals surface area contributed by atoms with Gasteiger partial charge in [-0.1, -0.05) is 134 Å². The topological polar surface area (TPSA) is 228 Å². The molecule has 2 heterocycles. The molecule has 0 aromatic heterocycles. The number of aliphatic hydroxyl groups excluding tert-OH is 8. The molecule has 12 unspecified atom stereocenters. The van der Waals surface area contributed by atoms with Crippen LogP contribution in [0.2, 0.25) is 0 Å². The first-order valence-corrected chi connectivity index (χ1v) is 22.2. The van der Waals surface area contributed by atoms with E-state index >= 15 is 0 Å². The van der Waals surface area contributed by atoms with Gasteiger partial charge in [0.2, 0.25) is 5.91 Å². The predicted molar refractivity (Wildman–Crippen MR) is 221 cm³/mol. The van der Waals surface area contributed by atoms with Crippen LogP contribution in [0.4, 0.5) is 0 Å². The number of hydrogen-bond acceptors (Lipinski definition) is 13. The first kappa shape index (κ1) is 52.3. The van der Waals surface area contributed by atoms with E-state index in [1.807, 2.05) is 6.08 Å². The third kappa shape index (κ3) is 20.2. The molecule has 0 saturated carbocycles. The average molecular weight is 830 g/mol. The summed E-state index contributed by atoms with van der Waals surface area (Å²) in [4.78, 5) is 13.1. The van der Waals surface area contributed by atoms with Crippen molar-refractivity contribution >= 4 is 5.91 Å². The zero-order chi connectivity index (χ0) is 42.5. The Balaban J connectivity index is 1.91. The fraction of sp³-hybridized carbons (Fsp3) is 0.841. The average Bonchev–Trinajstić information content (AvgIpc) is 3.22. The van der Waals surface area contributed by atoms with E-state index in [4.69, 9.17) is 18.9 Å². The number of hydrogen-bond donors (Lipinski definition) is 9. The molecule has 0 spiro atoms. The Kier molecular flexibility index (Phi) is 28.9. The monoisotopic (exact) mass is 830 g/mol. The summed E-state index contributed by atoms with van der Waals surface area (Å²) in [5.41, 5.74) is 0. The van der Waals surface area contributed by atoms with Gasteiger partial charge in [0.1, 0.15) is 48.8 Å². The first-order chi connectivity index (χ1) is 28.1. The molecule has 9 N–H and O–H groups in total. The van der Waals surface area contributed by atoms with Gasteiger partial charge in [0.05, 0.1) is 32.0 Å². The number of amides is 1. The Morgan fingerprint density at radius 1 is 0.621 bits per heavy atom. The maximum atomic E-state index is 13.1. The van der Waals surface area contributed by atoms with Gasteiger partial charge in [-0.05, 0) is 38.5 Å². The highest BCUT2D eigenvalue weighted by Crippen LogP contribution is 2.30. The van der Waals surface area contributed by atoms with Gasteiger partial charge in [-0.15, -0.1) is 0 Å². The van der Waals surface area contributed by atoms with E-state index in [9.17, 15) is 45.6 Å². The number of nitrogens with one attached hydrogen (secondary N) is 1. The van der Waals surface area contributed by atoms with Crippen LogP contribution in [0.1, 0.15) is 142 Å². The van der Waals surface area contributed by atoms with E-state index < -0.39 is 86.8 Å². The second-order valence-corrected chi connectivity index (χ2v) is 15.8. The summed E-state index contributed by atoms with van der Waals surface area (Å²) in [5.74, 6) is -0.258. The van der Waals surface area contributed by atoms with Crippen molar-refractivity contribution < 1.29 is 64.6 Å². The van der Waals surface area contributed by atoms with E-state index in [2.05, 4.69) is 43.5 Å². The third-order valence-electron chi connectivity index (χ3n) is 10.8. The quantitative estimate of drug-likeness (QED) is 0.0346. The first-order valence-electron chi connectivity index (χ1n) is 22.2. The van der Waals surface area contributed by atoms with Gasteiger partial charge in [-0.3, -0.25) is 4.79 Å². The lowest BCUT2D eigenvalue weighted by Crippen LogP contribution is -2.65. The maximum absolute atomic E-state index is 13.1. The summed E-state index contributed by atoms with van der Waals surface area (Å²) in [5, 5.41) is 86.2. The van der Waals surface area contributed by atoms with Gasteiger partial charge in [0.15, 0.2) is 12.6 Å². The minimum absolute atomic E-state index is 0.258. The molecule has 2 fully saturated rings. The number of ether oxygens (including phenoxy) is 4. The number of unbranched alkanes of at least 4 members (excludes halogenated alkanes) is 15. The molecule has 0 aromatic rings. The second kappa shape index (κ2) is 32.0. The fourth-order valence-corrected chi connectivity index (χ4v) is 7.15. The van der Waals surface area contributed by atoms with Crippen molar-refractivity contribution in [2.24, 2.45) is 0 Å². The fourth-order valence-electron chi connectivity index (χ4n) is 7.15. The minimum atomic E-state index is -1.79. The Morgan fingerprint density at radius 2 is 1.12 bits per heavy atom. The number of carbonyl (C=O) groups is 1. The van der Waals surface area contributed by atoms with Crippen molar-refractivity contribution in [1.82, 2.24) is 5.32 Å². The third-order valence-corrected chi connectivity index (χ3v) is 10.8. The molecule has 2 aliphatic rings. The molecule has 1 amide bonds. The number of aliphatic hydroxyl groups is 8. The van der Waals surface area contributed by atoms with Gasteiger partial charge in [0, 0.05) is 6.42 Å². The molecular weight excluding hydrogens is 750 g/mol. The van der Waals surface area contributed by atoms with Crippen molar-refractivity contribution in [3.63, 3.8) is 0 Å². The molecule has 12 atom stereocenters. The maximum Gasteiger partial charge on any atom is 0.220 e. The van der Waals surface area contributed by atoms with Gasteiger partial charge < -0.3 is 65.1 Å². The lowest BCUT2D eigenvalue weighted by Gasteiger charge is -2.46. The number of allylic oxidation sites excluding steroid dienone is 5. The van der Waals surface area contributed by atoms with Crippen molar-refractivity contribution in [2.45, 2.75) is 216 Å². The van der Waals surface area contributed by atoms with Crippen LogP contribution in [0.5, 0.6) is 0 Å². The Hall–Kier alpha value is -1.79. The zero-order valence-corrected chi connectivity index (χ0v) is 35.3. The summed E-state index contributed by atoms with van der Waals surface area (Å²) in [6, 6.07) is -0.931. The molecule has 2 aliphatic heterocycles. The summed E-state index contributed by atoms with van der Waals surface area (Å²) in [7, 11) is 0. The van der Waals surface area contributed by atoms with Crippen LogP contribution < -0.4 is 5.32 Å². The highest BCUT2D eigenvalue weighted by Gasteiger charge is 2.50. The minimum Gasteiger partial charge on any atom is -0.394 e. The van der Waals surface area contributed by atoms with E-state index in [1.54, 1.807) is 6.08 Å². The van der Waals surface area contributed by atoms with Crippen LogP contribution in [0, 0.1) is 0 Å². The molecule has 14 heteroatoms. The van der Waals surface area contributed by atoms with E-state index in [-0.39, 0.29) is 18.9 Å². The Labute approximate surface area is 347 Å². The van der Waals surface area contributed by atoms with E-state index in [1.165, 1.54) is 64.2 Å². The Bertz CT molecular complexity index is 1120. The highest BCUT2D eigenvalue weighted by atomic mass is 16.7. The molecule has 0 bridgehead atoms. The van der Waals surface area contributed by atoms with Crippen molar-refractivity contribution in [3.05, 3.63) is 36.5 Å². The lowest BCUT2D eigenvalue weighted by molar-refractivity contribution is -0.359. The SMILES string of the molecule is CC/C=C/CC/C=C/CC/C=C/C(O)C(COC1OC(CO)C(OC2OC(CO)C(O)C(O)C2O)C(O)C1O)NC(=O)CCCCCCCCCCCCCCCC. The van der Waals surface area contributed by atoms with Crippen LogP contribution in [0.25, 0.3) is 0 Å². The van der Waals surface area contributed by atoms with Crippen LogP contribution in [0.3, 0.4) is 0 Å². The Morgan fingerprint density at radius 3 is 1.67 bits per heavy atom. The number of carbonyl (C=O) groups excluding carboxylic acids is 1. The van der Waals surface area contributed by atoms with Gasteiger partial charge in [0.25, 0.3) is 0 Å². The molecule has 2 rings (SSSR count). The molecule has 14 nitrogen and oxygen atoms in total. The molecule has 0 aliphatic carbocycles. The molecular formula is C44H79NO13. The summed E-state index contributed by atoms with van der Waals surface area (Å²) in [6.07, 6.45) is 16.4. The summed E-state index contributed by atoms with van der Waals surface area (Å²) in [6.45, 7) is 2.60. The van der Waals surface area contributed by atoms with Crippen LogP contribution >= 0.6 is 0 Å². The number of rotatable bonds is 32. The van der Waals surface area contributed by atoms with E-state index in [0.29, 0.717) is 12.8 Å². The molecule has 2 saturated heterocycles. The predicted octanol–water partition coefficient (Wildman–Crippen LogP) is 3.98. The zero-order valence-electron chi connectivity index (χ0n) is 35.3. The lowest BCUT2D eigenvalue weighted by atomic mass is 9.97. The van der Waals surface area contributed by atoms with E-state index in [0.717, 1.165) is 44.9 Å². The van der Waals surface area contributed by atoms with Crippen molar-refractivity contribution in [1.29, 1.82) is 0 Å². The van der Waals surface area contributed by atoms with Crippen LogP contribution in [0.15, 0.2) is 36.5 Å². The standard InChI is InChI=1S/C44H79NO13/c1-3-5-7-9-11-13-15-16-17-18-20-22-24-26-28-36(49)45-32(33(48)27-25-23-21-19-14-12-10-8-6-4-2)31-55-43-41(54)39(52)42(35(30-47)57-43)58-44-40(53)38(51)37(50)34(29-46)56-44/h6,8,14,19,25,27,32-35,37-44,46-48,50-54H,3-5,7,9-13,15-18,20-24,26,28-31H2,1-2H3,(H,45,49)/b8-6+,19-14+,27-25+. The molecule has 58 heavy (non-hydrogen) atoms. The normalized spacial score (nSPS) is 29.1. The highest BCUT2D eigenvalue weighted by molar-refractivity contribution is 5.76. The van der Waals surface area contributed by atoms with Gasteiger partial charge >= 0.3 is 0 Å². The van der Waals surface area contributed by atoms with Crippen LogP contribution in [-0.4, -0.2) is 140 Å². The molecule has 0 radical (unpaired) electrons. The van der Waals surface area contributed by atoms with Gasteiger partial charge in [-0.2, -0.15) is 0 Å². The summed E-state index contributed by atoms with van der Waals surface area (Å²) >= 11 is 0. The second-order valence-electron chi connectivity index (χ2n) is 15.8. The molecule has 0 aromatic carbocycles. The largest absolute Gasteiger partial charge is 0.394 e. The smallest absolute Gasteiger partial charge is 0.220 e.